The van der Waals surface area contributed by atoms with Crippen molar-refractivity contribution >= 4 is 17.2 Å². The second-order valence-corrected chi connectivity index (χ2v) is 6.89. The van der Waals surface area contributed by atoms with Crippen LogP contribution in [-0.4, -0.2) is 12.9 Å². The Balaban J connectivity index is 1.68. The molecule has 1 aliphatic rings. The number of halogens is 3. The number of alkyl halides is 3. The molecule has 0 saturated carbocycles. The Morgan fingerprint density at radius 2 is 1.66 bits per heavy atom. The van der Waals surface area contributed by atoms with Gasteiger partial charge in [0.25, 0.3) is 0 Å². The van der Waals surface area contributed by atoms with Gasteiger partial charge in [-0.05, 0) is 66.4 Å². The van der Waals surface area contributed by atoms with Crippen LogP contribution in [0.5, 0.6) is 5.75 Å². The molecular weight excluding hydrogens is 379 g/mol. The second-order valence-electron chi connectivity index (χ2n) is 6.89. The summed E-state index contributed by atoms with van der Waals surface area (Å²) in [4.78, 5) is 13.0. The number of ether oxygens (including phenoxy) is 1. The molecule has 3 aromatic carbocycles. The summed E-state index contributed by atoms with van der Waals surface area (Å²) in [5.41, 5.74) is 2.66. The van der Waals surface area contributed by atoms with Crippen LogP contribution in [-0.2, 0) is 19.0 Å². The summed E-state index contributed by atoms with van der Waals surface area (Å²) in [6, 6.07) is 15.8. The Morgan fingerprint density at radius 1 is 0.897 bits per heavy atom. The Bertz CT molecular complexity index is 1090. The first kappa shape index (κ1) is 19.1. The van der Waals surface area contributed by atoms with Gasteiger partial charge in [0.05, 0.1) is 18.4 Å². The van der Waals surface area contributed by atoms with Crippen LogP contribution in [0.1, 0.15) is 32.6 Å². The number of hydrogen-bond donors (Lipinski definition) is 1. The highest BCUT2D eigenvalue weighted by Crippen LogP contribution is 2.36. The maximum atomic E-state index is 13.2. The number of ketones is 1. The zero-order chi connectivity index (χ0) is 20.6. The molecule has 0 heterocycles. The van der Waals surface area contributed by atoms with E-state index in [9.17, 15) is 18.0 Å². The molecular formula is C23H18F3NO2. The van der Waals surface area contributed by atoms with E-state index < -0.39 is 11.7 Å². The fourth-order valence-corrected chi connectivity index (χ4v) is 3.62. The van der Waals surface area contributed by atoms with Crippen LogP contribution >= 0.6 is 0 Å². The highest BCUT2D eigenvalue weighted by atomic mass is 19.4. The van der Waals surface area contributed by atoms with Crippen LogP contribution in [0.25, 0.3) is 0 Å². The molecule has 3 nitrogen and oxygen atoms in total. The molecule has 0 aliphatic heterocycles. The van der Waals surface area contributed by atoms with Gasteiger partial charge in [0.1, 0.15) is 5.75 Å². The molecule has 29 heavy (non-hydrogen) atoms. The predicted octanol–water partition coefficient (Wildman–Crippen LogP) is 5.79. The minimum Gasteiger partial charge on any atom is -0.497 e. The molecule has 0 aromatic heterocycles. The van der Waals surface area contributed by atoms with Gasteiger partial charge >= 0.3 is 6.18 Å². The largest absolute Gasteiger partial charge is 0.497 e. The number of aryl methyl sites for hydroxylation is 2. The molecule has 0 unspecified atom stereocenters. The normalized spacial score (nSPS) is 13.3. The number of fused-ring (bicyclic) bond motifs is 2. The van der Waals surface area contributed by atoms with E-state index >= 15 is 0 Å². The summed E-state index contributed by atoms with van der Waals surface area (Å²) in [6.45, 7) is 0. The van der Waals surface area contributed by atoms with E-state index in [1.54, 1.807) is 37.4 Å². The van der Waals surface area contributed by atoms with Crippen molar-refractivity contribution in [3.63, 3.8) is 0 Å². The molecule has 1 aliphatic carbocycles. The molecule has 3 aromatic rings. The number of para-hydroxylation sites is 1. The fourth-order valence-electron chi connectivity index (χ4n) is 3.62. The van der Waals surface area contributed by atoms with Gasteiger partial charge in [-0.1, -0.05) is 18.2 Å². The molecule has 0 fully saturated rings. The van der Waals surface area contributed by atoms with Gasteiger partial charge < -0.3 is 10.1 Å². The predicted molar refractivity (Wildman–Crippen MR) is 105 cm³/mol. The first-order chi connectivity index (χ1) is 13.9. The van der Waals surface area contributed by atoms with Crippen molar-refractivity contribution in [2.45, 2.75) is 19.0 Å². The van der Waals surface area contributed by atoms with Gasteiger partial charge in [-0.3, -0.25) is 4.79 Å². The summed E-state index contributed by atoms with van der Waals surface area (Å²) < 4.78 is 45.0. The molecule has 0 amide bonds. The number of hydrogen-bond acceptors (Lipinski definition) is 3. The van der Waals surface area contributed by atoms with Gasteiger partial charge in [-0.25, -0.2) is 0 Å². The van der Waals surface area contributed by atoms with Crippen molar-refractivity contribution in [2.24, 2.45) is 0 Å². The summed E-state index contributed by atoms with van der Waals surface area (Å²) in [5, 5.41) is 2.85. The second kappa shape index (κ2) is 7.28. The number of carbonyl (C=O) groups excluding carboxylic acids is 1. The number of methoxy groups -OCH3 is 1. The Hall–Kier alpha value is -3.28. The van der Waals surface area contributed by atoms with Crippen LogP contribution in [0, 0.1) is 0 Å². The first-order valence-electron chi connectivity index (χ1n) is 9.14. The van der Waals surface area contributed by atoms with Crippen molar-refractivity contribution in [1.29, 1.82) is 0 Å². The van der Waals surface area contributed by atoms with E-state index in [1.165, 1.54) is 12.1 Å². The number of anilines is 2. The molecule has 0 saturated heterocycles. The third kappa shape index (κ3) is 3.70. The smallest absolute Gasteiger partial charge is 0.418 e. The van der Waals surface area contributed by atoms with Crippen molar-refractivity contribution in [1.82, 2.24) is 0 Å². The van der Waals surface area contributed by atoms with Crippen LogP contribution in [0.3, 0.4) is 0 Å². The summed E-state index contributed by atoms with van der Waals surface area (Å²) in [7, 11) is 1.55. The zero-order valence-electron chi connectivity index (χ0n) is 15.6. The quantitative estimate of drug-likeness (QED) is 0.608. The minimum atomic E-state index is -4.45. The average molecular weight is 397 g/mol. The number of carbonyl (C=O) groups is 1. The van der Waals surface area contributed by atoms with E-state index in [0.29, 0.717) is 35.4 Å². The summed E-state index contributed by atoms with van der Waals surface area (Å²) >= 11 is 0. The standard InChI is InChI=1S/C23H18F3NO2/c1-29-17-10-8-14-6-7-15-12-16(9-11-18(15)22(28)19(14)13-17)27-21-5-3-2-4-20(21)23(24,25)26/h2-5,8-13,27H,6-7H2,1H3. The van der Waals surface area contributed by atoms with Crippen molar-refractivity contribution in [3.8, 4) is 5.75 Å². The summed E-state index contributed by atoms with van der Waals surface area (Å²) in [6.07, 6.45) is -3.16. The highest BCUT2D eigenvalue weighted by Gasteiger charge is 2.33. The molecule has 0 radical (unpaired) electrons. The van der Waals surface area contributed by atoms with Crippen LogP contribution in [0.15, 0.2) is 60.7 Å². The lowest BCUT2D eigenvalue weighted by molar-refractivity contribution is -0.136. The lowest BCUT2D eigenvalue weighted by atomic mass is 9.98. The first-order valence-corrected chi connectivity index (χ1v) is 9.14. The molecule has 0 atom stereocenters. The third-order valence-electron chi connectivity index (χ3n) is 5.09. The molecule has 4 rings (SSSR count). The van der Waals surface area contributed by atoms with Crippen LogP contribution < -0.4 is 10.1 Å². The lowest BCUT2D eigenvalue weighted by Crippen LogP contribution is -2.09. The van der Waals surface area contributed by atoms with E-state index in [0.717, 1.165) is 17.2 Å². The molecule has 0 bridgehead atoms. The topological polar surface area (TPSA) is 38.3 Å². The highest BCUT2D eigenvalue weighted by molar-refractivity contribution is 6.11. The number of rotatable bonds is 3. The van der Waals surface area contributed by atoms with Crippen molar-refractivity contribution in [3.05, 3.63) is 88.5 Å². The van der Waals surface area contributed by atoms with Crippen molar-refractivity contribution < 1.29 is 22.7 Å². The minimum absolute atomic E-state index is 0.0204. The van der Waals surface area contributed by atoms with Gasteiger partial charge in [-0.2, -0.15) is 13.2 Å². The maximum Gasteiger partial charge on any atom is 0.418 e. The van der Waals surface area contributed by atoms with E-state index in [1.807, 2.05) is 12.1 Å². The molecule has 1 N–H and O–H groups in total. The summed E-state index contributed by atoms with van der Waals surface area (Å²) in [5.74, 6) is 0.510. The number of benzene rings is 3. The molecule has 6 heteroatoms. The SMILES string of the molecule is COc1ccc2c(c1)C(=O)c1ccc(Nc3ccccc3C(F)(F)F)cc1CC2. The third-order valence-corrected chi connectivity index (χ3v) is 5.09. The van der Waals surface area contributed by atoms with Gasteiger partial charge in [0.15, 0.2) is 5.78 Å². The van der Waals surface area contributed by atoms with Crippen LogP contribution in [0.2, 0.25) is 0 Å². The van der Waals surface area contributed by atoms with E-state index in [-0.39, 0.29) is 11.5 Å². The lowest BCUT2D eigenvalue weighted by Gasteiger charge is -2.15. The Kier molecular flexibility index (Phi) is 4.78. The Labute approximate surface area is 166 Å². The fraction of sp³-hybridized carbons (Fsp3) is 0.174. The van der Waals surface area contributed by atoms with E-state index in [4.69, 9.17) is 4.74 Å². The van der Waals surface area contributed by atoms with Gasteiger partial charge in [0, 0.05) is 16.8 Å². The average Bonchev–Trinajstić information content (AvgIpc) is 2.84. The van der Waals surface area contributed by atoms with Gasteiger partial charge in [0.2, 0.25) is 0 Å². The number of nitrogens with one attached hydrogen (secondary N) is 1. The maximum absolute atomic E-state index is 13.2. The Morgan fingerprint density at radius 3 is 2.41 bits per heavy atom. The van der Waals surface area contributed by atoms with E-state index in [2.05, 4.69) is 5.32 Å². The van der Waals surface area contributed by atoms with Crippen molar-refractivity contribution in [2.75, 3.05) is 12.4 Å². The monoisotopic (exact) mass is 397 g/mol. The van der Waals surface area contributed by atoms with Crippen LogP contribution in [0.4, 0.5) is 24.5 Å². The molecule has 148 valence electrons. The molecule has 0 spiro atoms. The zero-order valence-corrected chi connectivity index (χ0v) is 15.6. The van der Waals surface area contributed by atoms with Gasteiger partial charge in [-0.15, -0.1) is 0 Å².